The fourth-order valence-corrected chi connectivity index (χ4v) is 2.97. The Bertz CT molecular complexity index is 887. The molecule has 0 atom stereocenters. The van der Waals surface area contributed by atoms with Gasteiger partial charge < -0.3 is 5.73 Å². The molecule has 1 aromatic carbocycles. The second-order valence-corrected chi connectivity index (χ2v) is 6.36. The van der Waals surface area contributed by atoms with Crippen molar-refractivity contribution in [2.45, 2.75) is 26.2 Å². The molecular weight excluding hydrogens is 336 g/mol. The minimum Gasteiger partial charge on any atom is -0.365 e. The van der Waals surface area contributed by atoms with E-state index in [9.17, 15) is 4.79 Å². The summed E-state index contributed by atoms with van der Waals surface area (Å²) in [6.45, 7) is 2.05. The van der Waals surface area contributed by atoms with E-state index in [1.807, 2.05) is 6.07 Å². The Kier molecular flexibility index (Phi) is 5.14. The van der Waals surface area contributed by atoms with E-state index >= 15 is 0 Å². The molecule has 0 aliphatic heterocycles. The topological polar surface area (TPSA) is 84.7 Å². The van der Waals surface area contributed by atoms with Gasteiger partial charge in [-0.2, -0.15) is 5.10 Å². The van der Waals surface area contributed by atoms with E-state index in [2.05, 4.69) is 46.4 Å². The van der Waals surface area contributed by atoms with E-state index in [4.69, 9.17) is 17.3 Å². The molecule has 0 aliphatic rings. The van der Waals surface area contributed by atoms with Gasteiger partial charge in [-0.3, -0.25) is 9.89 Å². The van der Waals surface area contributed by atoms with Crippen LogP contribution in [0.5, 0.6) is 0 Å². The number of amides is 1. The highest BCUT2D eigenvalue weighted by Crippen LogP contribution is 2.20. The van der Waals surface area contributed by atoms with Crippen LogP contribution in [0.25, 0.3) is 0 Å². The Morgan fingerprint density at radius 1 is 1.20 bits per heavy atom. The molecule has 0 unspecified atom stereocenters. The molecule has 0 saturated heterocycles. The smallest absolute Gasteiger partial charge is 0.252 e. The SMILES string of the molecule is Cc1ccc(CCc2n[nH]c(Cc3cccnc3Cl)c2C(N)=O)cc1. The number of H-pyrrole nitrogens is 1. The van der Waals surface area contributed by atoms with Gasteiger partial charge in [0, 0.05) is 12.6 Å². The zero-order chi connectivity index (χ0) is 17.8. The molecule has 25 heavy (non-hydrogen) atoms. The molecule has 3 rings (SSSR count). The van der Waals surface area contributed by atoms with Crippen LogP contribution in [0.2, 0.25) is 5.15 Å². The Labute approximate surface area is 151 Å². The molecule has 0 spiro atoms. The lowest BCUT2D eigenvalue weighted by Crippen LogP contribution is -2.15. The number of nitrogens with zero attached hydrogens (tertiary/aromatic N) is 2. The van der Waals surface area contributed by atoms with Crippen molar-refractivity contribution in [2.75, 3.05) is 0 Å². The molecule has 3 N–H and O–H groups in total. The van der Waals surface area contributed by atoms with E-state index < -0.39 is 5.91 Å². The maximum absolute atomic E-state index is 11.9. The molecule has 0 saturated carbocycles. The minimum absolute atomic E-state index is 0.411. The zero-order valence-electron chi connectivity index (χ0n) is 13.9. The fraction of sp³-hybridized carbons (Fsp3) is 0.211. The number of carbonyl (C=O) groups is 1. The molecule has 5 nitrogen and oxygen atoms in total. The van der Waals surface area contributed by atoms with E-state index in [0.717, 1.165) is 12.0 Å². The van der Waals surface area contributed by atoms with Gasteiger partial charge >= 0.3 is 0 Å². The van der Waals surface area contributed by atoms with Crippen LogP contribution >= 0.6 is 11.6 Å². The summed E-state index contributed by atoms with van der Waals surface area (Å²) in [5, 5.41) is 7.66. The number of pyridine rings is 1. The third-order valence-electron chi connectivity index (χ3n) is 4.14. The lowest BCUT2D eigenvalue weighted by atomic mass is 10.0. The van der Waals surface area contributed by atoms with Crippen LogP contribution < -0.4 is 5.73 Å². The molecule has 2 heterocycles. The van der Waals surface area contributed by atoms with Crippen molar-refractivity contribution >= 4 is 17.5 Å². The summed E-state index contributed by atoms with van der Waals surface area (Å²) in [5.74, 6) is -0.484. The monoisotopic (exact) mass is 354 g/mol. The normalized spacial score (nSPS) is 10.8. The molecule has 3 aromatic rings. The molecule has 0 fully saturated rings. The highest BCUT2D eigenvalue weighted by molar-refractivity contribution is 6.30. The van der Waals surface area contributed by atoms with Gasteiger partial charge in [0.05, 0.1) is 17.0 Å². The predicted octanol–water partition coefficient (Wildman–Crippen LogP) is 3.24. The van der Waals surface area contributed by atoms with Crippen molar-refractivity contribution in [2.24, 2.45) is 5.73 Å². The summed E-state index contributed by atoms with van der Waals surface area (Å²) in [4.78, 5) is 16.0. The second kappa shape index (κ2) is 7.49. The number of benzene rings is 1. The van der Waals surface area contributed by atoms with Crippen molar-refractivity contribution in [3.63, 3.8) is 0 Å². The standard InChI is InChI=1S/C19H19ClN4O/c1-12-4-6-13(7-5-12)8-9-15-17(19(21)25)16(24-23-15)11-14-3-2-10-22-18(14)20/h2-7,10H,8-9,11H2,1H3,(H2,21,25)(H,23,24). The summed E-state index contributed by atoms with van der Waals surface area (Å²) in [7, 11) is 0. The summed E-state index contributed by atoms with van der Waals surface area (Å²) in [5.41, 5.74) is 10.6. The van der Waals surface area contributed by atoms with Crippen LogP contribution in [0.15, 0.2) is 42.6 Å². The van der Waals surface area contributed by atoms with Crippen LogP contribution in [0.1, 0.15) is 38.4 Å². The average molecular weight is 355 g/mol. The summed E-state index contributed by atoms with van der Waals surface area (Å²) >= 11 is 6.11. The van der Waals surface area contributed by atoms with E-state index in [-0.39, 0.29) is 0 Å². The van der Waals surface area contributed by atoms with Crippen molar-refractivity contribution in [1.82, 2.24) is 15.2 Å². The zero-order valence-corrected chi connectivity index (χ0v) is 14.7. The summed E-state index contributed by atoms with van der Waals surface area (Å²) in [6.07, 6.45) is 3.49. The second-order valence-electron chi connectivity index (χ2n) is 6.00. The van der Waals surface area contributed by atoms with Gasteiger partial charge in [-0.15, -0.1) is 0 Å². The lowest BCUT2D eigenvalue weighted by Gasteiger charge is -2.05. The van der Waals surface area contributed by atoms with Crippen LogP contribution in [0.3, 0.4) is 0 Å². The van der Waals surface area contributed by atoms with Gasteiger partial charge in [0.25, 0.3) is 5.91 Å². The van der Waals surface area contributed by atoms with Gasteiger partial charge in [0.2, 0.25) is 0 Å². The van der Waals surface area contributed by atoms with Gasteiger partial charge in [0.15, 0.2) is 0 Å². The molecule has 0 radical (unpaired) electrons. The highest BCUT2D eigenvalue weighted by atomic mass is 35.5. The molecule has 0 aliphatic carbocycles. The van der Waals surface area contributed by atoms with Gasteiger partial charge in [0.1, 0.15) is 5.15 Å². The fourth-order valence-electron chi connectivity index (χ4n) is 2.78. The number of carbonyl (C=O) groups excluding carboxylic acids is 1. The molecule has 6 heteroatoms. The summed E-state index contributed by atoms with van der Waals surface area (Å²) < 4.78 is 0. The number of aromatic amines is 1. The molecule has 0 bridgehead atoms. The van der Waals surface area contributed by atoms with Gasteiger partial charge in [-0.25, -0.2) is 4.98 Å². The number of hydrogen-bond donors (Lipinski definition) is 2. The molecule has 1 amide bonds. The summed E-state index contributed by atoms with van der Waals surface area (Å²) in [6, 6.07) is 12.0. The predicted molar refractivity (Wildman–Crippen MR) is 97.7 cm³/mol. The van der Waals surface area contributed by atoms with E-state index in [0.29, 0.717) is 34.9 Å². The number of nitrogens with two attached hydrogens (primary N) is 1. The van der Waals surface area contributed by atoms with E-state index in [1.165, 1.54) is 11.1 Å². The Balaban J connectivity index is 1.81. The third-order valence-corrected chi connectivity index (χ3v) is 4.48. The van der Waals surface area contributed by atoms with Crippen LogP contribution in [-0.4, -0.2) is 21.1 Å². The maximum Gasteiger partial charge on any atom is 0.252 e. The molecule has 128 valence electrons. The van der Waals surface area contributed by atoms with Crippen molar-refractivity contribution in [1.29, 1.82) is 0 Å². The first-order chi connectivity index (χ1) is 12.0. The van der Waals surface area contributed by atoms with Crippen LogP contribution in [0, 0.1) is 6.92 Å². The first kappa shape index (κ1) is 17.2. The number of rotatable bonds is 6. The average Bonchev–Trinajstić information content (AvgIpc) is 2.99. The van der Waals surface area contributed by atoms with Gasteiger partial charge in [-0.1, -0.05) is 47.5 Å². The number of halogens is 1. The number of aromatic nitrogens is 3. The van der Waals surface area contributed by atoms with Crippen LogP contribution in [0.4, 0.5) is 0 Å². The quantitative estimate of drug-likeness (QED) is 0.666. The van der Waals surface area contributed by atoms with E-state index in [1.54, 1.807) is 12.3 Å². The Hall–Kier alpha value is -2.66. The lowest BCUT2D eigenvalue weighted by molar-refractivity contribution is 0.0998. The maximum atomic E-state index is 11.9. The number of hydrogen-bond acceptors (Lipinski definition) is 3. The largest absolute Gasteiger partial charge is 0.365 e. The first-order valence-electron chi connectivity index (χ1n) is 8.05. The Morgan fingerprint density at radius 3 is 2.64 bits per heavy atom. The third kappa shape index (κ3) is 4.06. The Morgan fingerprint density at radius 2 is 1.96 bits per heavy atom. The minimum atomic E-state index is -0.484. The highest BCUT2D eigenvalue weighted by Gasteiger charge is 2.19. The van der Waals surface area contributed by atoms with Crippen LogP contribution in [-0.2, 0) is 19.3 Å². The first-order valence-corrected chi connectivity index (χ1v) is 8.43. The van der Waals surface area contributed by atoms with Crippen molar-refractivity contribution in [3.8, 4) is 0 Å². The molecule has 2 aromatic heterocycles. The van der Waals surface area contributed by atoms with Crippen molar-refractivity contribution in [3.05, 3.63) is 81.4 Å². The number of primary amides is 1. The molecular formula is C19H19ClN4O. The number of nitrogens with one attached hydrogen (secondary N) is 1. The van der Waals surface area contributed by atoms with Crippen molar-refractivity contribution < 1.29 is 4.79 Å². The van der Waals surface area contributed by atoms with Gasteiger partial charge in [-0.05, 0) is 37.0 Å². The number of aryl methyl sites for hydroxylation is 3.